The predicted octanol–water partition coefficient (Wildman–Crippen LogP) is 2.86. The van der Waals surface area contributed by atoms with Crippen LogP contribution in [0.5, 0.6) is 11.5 Å². The van der Waals surface area contributed by atoms with E-state index in [-0.39, 0.29) is 0 Å². The second-order valence-corrected chi connectivity index (χ2v) is 5.64. The van der Waals surface area contributed by atoms with Gasteiger partial charge in [-0.15, -0.1) is 11.3 Å². The summed E-state index contributed by atoms with van der Waals surface area (Å²) in [6.45, 7) is 2.93. The average Bonchev–Trinajstić information content (AvgIpc) is 2.82. The molecule has 2 aromatic rings. The zero-order valence-corrected chi connectivity index (χ0v) is 12.6. The van der Waals surface area contributed by atoms with Gasteiger partial charge in [0.15, 0.2) is 11.5 Å². The Morgan fingerprint density at radius 1 is 1.33 bits per heavy atom. The number of ether oxygens (including phenoxy) is 3. The van der Waals surface area contributed by atoms with Crippen molar-refractivity contribution >= 4 is 23.0 Å². The van der Waals surface area contributed by atoms with Gasteiger partial charge >= 0.3 is 5.97 Å². The number of anilines is 1. The first kappa shape index (κ1) is 13.8. The van der Waals surface area contributed by atoms with Crippen LogP contribution in [-0.4, -0.2) is 26.3 Å². The number of esters is 1. The van der Waals surface area contributed by atoms with Gasteiger partial charge in [0.05, 0.1) is 12.8 Å². The van der Waals surface area contributed by atoms with Gasteiger partial charge in [0.2, 0.25) is 0 Å². The first-order valence-corrected chi connectivity index (χ1v) is 7.31. The highest BCUT2D eigenvalue weighted by Gasteiger charge is 2.24. The zero-order chi connectivity index (χ0) is 15.0. The molecule has 0 fully saturated rings. The fraction of sp³-hybridized carbons (Fsp3) is 0.267. The summed E-state index contributed by atoms with van der Waals surface area (Å²) in [5.74, 6) is 0.989. The van der Waals surface area contributed by atoms with Gasteiger partial charge in [0.1, 0.15) is 18.1 Å². The number of para-hydroxylation sites is 1. The number of benzene rings is 1. The molecule has 21 heavy (non-hydrogen) atoms. The first-order valence-electron chi connectivity index (χ1n) is 6.49. The van der Waals surface area contributed by atoms with Crippen molar-refractivity contribution in [2.45, 2.75) is 6.92 Å². The molecule has 0 saturated carbocycles. The molecule has 0 unspecified atom stereocenters. The van der Waals surface area contributed by atoms with Gasteiger partial charge in [-0.3, -0.25) is 0 Å². The molecule has 0 spiro atoms. The lowest BCUT2D eigenvalue weighted by Crippen LogP contribution is -2.15. The van der Waals surface area contributed by atoms with Crippen molar-refractivity contribution in [1.29, 1.82) is 0 Å². The molecule has 0 atom stereocenters. The van der Waals surface area contributed by atoms with Crippen LogP contribution in [0.3, 0.4) is 0 Å². The highest BCUT2D eigenvalue weighted by Crippen LogP contribution is 2.46. The first-order chi connectivity index (χ1) is 10.1. The maximum Gasteiger partial charge on any atom is 0.350 e. The van der Waals surface area contributed by atoms with E-state index in [2.05, 4.69) is 0 Å². The summed E-state index contributed by atoms with van der Waals surface area (Å²) in [6, 6.07) is 5.70. The third kappa shape index (κ3) is 2.21. The minimum Gasteiger partial charge on any atom is -0.486 e. The van der Waals surface area contributed by atoms with Gasteiger partial charge in [0, 0.05) is 10.4 Å². The molecule has 110 valence electrons. The van der Waals surface area contributed by atoms with Crippen LogP contribution in [0.15, 0.2) is 18.2 Å². The third-order valence-corrected chi connectivity index (χ3v) is 4.70. The summed E-state index contributed by atoms with van der Waals surface area (Å²) in [5.41, 5.74) is 8.22. The summed E-state index contributed by atoms with van der Waals surface area (Å²) < 4.78 is 16.1. The lowest BCUT2D eigenvalue weighted by Gasteiger charge is -2.20. The van der Waals surface area contributed by atoms with Crippen LogP contribution >= 0.6 is 11.3 Å². The molecule has 2 heterocycles. The Balaban J connectivity index is 2.16. The molecule has 1 aromatic carbocycles. The number of nitrogens with two attached hydrogens (primary N) is 1. The van der Waals surface area contributed by atoms with E-state index in [1.54, 1.807) is 0 Å². The summed E-state index contributed by atoms with van der Waals surface area (Å²) in [5, 5.41) is 0. The number of nitrogen functional groups attached to an aromatic ring is 1. The lowest BCUT2D eigenvalue weighted by molar-refractivity contribution is 0.0607. The van der Waals surface area contributed by atoms with Crippen LogP contribution in [0, 0.1) is 6.92 Å². The van der Waals surface area contributed by atoms with Crippen LogP contribution < -0.4 is 15.2 Å². The molecule has 6 heteroatoms. The van der Waals surface area contributed by atoms with Crippen LogP contribution in [0.4, 0.5) is 5.69 Å². The molecule has 0 saturated heterocycles. The maximum absolute atomic E-state index is 11.8. The number of hydrogen-bond donors (Lipinski definition) is 1. The van der Waals surface area contributed by atoms with Crippen LogP contribution in [-0.2, 0) is 4.74 Å². The van der Waals surface area contributed by atoms with E-state index in [0.29, 0.717) is 35.3 Å². The van der Waals surface area contributed by atoms with E-state index >= 15 is 0 Å². The van der Waals surface area contributed by atoms with Gasteiger partial charge in [-0.2, -0.15) is 0 Å². The van der Waals surface area contributed by atoms with Crippen LogP contribution in [0.1, 0.15) is 15.2 Å². The molecule has 1 aromatic heterocycles. The Bertz CT molecular complexity index is 708. The van der Waals surface area contributed by atoms with Crippen molar-refractivity contribution in [3.8, 4) is 21.9 Å². The molecule has 1 aliphatic rings. The Labute approximate surface area is 126 Å². The second-order valence-electron chi connectivity index (χ2n) is 4.62. The minimum atomic E-state index is -0.422. The predicted molar refractivity (Wildman–Crippen MR) is 81.2 cm³/mol. The highest BCUT2D eigenvalue weighted by atomic mass is 32.1. The molecule has 2 N–H and O–H groups in total. The summed E-state index contributed by atoms with van der Waals surface area (Å²) in [6.07, 6.45) is 0. The fourth-order valence-electron chi connectivity index (χ4n) is 2.28. The lowest BCUT2D eigenvalue weighted by atomic mass is 10.1. The Kier molecular flexibility index (Phi) is 3.47. The second kappa shape index (κ2) is 5.29. The van der Waals surface area contributed by atoms with Crippen molar-refractivity contribution in [3.05, 3.63) is 28.6 Å². The summed E-state index contributed by atoms with van der Waals surface area (Å²) in [4.78, 5) is 13.1. The molecule has 0 bridgehead atoms. The number of rotatable bonds is 2. The number of methoxy groups -OCH3 is 1. The molecular formula is C15H15NO4S. The van der Waals surface area contributed by atoms with Crippen LogP contribution in [0.25, 0.3) is 10.4 Å². The summed E-state index contributed by atoms with van der Waals surface area (Å²) >= 11 is 1.31. The molecule has 0 amide bonds. The van der Waals surface area contributed by atoms with E-state index in [9.17, 15) is 4.79 Å². The molecule has 3 rings (SSSR count). The van der Waals surface area contributed by atoms with Crippen LogP contribution in [0.2, 0.25) is 0 Å². The standard InChI is InChI=1S/C15H15NO4S/c1-8-11(16)14(15(17)18-2)21-13(8)9-4-3-5-10-12(9)20-7-6-19-10/h3-5H,6-7,16H2,1-2H3. The smallest absolute Gasteiger partial charge is 0.350 e. The van der Waals surface area contributed by atoms with Gasteiger partial charge < -0.3 is 19.9 Å². The van der Waals surface area contributed by atoms with Crippen molar-refractivity contribution in [1.82, 2.24) is 0 Å². The van der Waals surface area contributed by atoms with Crippen molar-refractivity contribution in [2.75, 3.05) is 26.1 Å². The quantitative estimate of drug-likeness (QED) is 0.864. The highest BCUT2D eigenvalue weighted by molar-refractivity contribution is 7.18. The molecule has 0 radical (unpaired) electrons. The van der Waals surface area contributed by atoms with Crippen molar-refractivity contribution in [3.63, 3.8) is 0 Å². The SMILES string of the molecule is COC(=O)c1sc(-c2cccc3c2OCCO3)c(C)c1N. The molecule has 1 aliphatic heterocycles. The normalized spacial score (nSPS) is 13.0. The number of carbonyl (C=O) groups is 1. The minimum absolute atomic E-state index is 0.416. The van der Waals surface area contributed by atoms with Gasteiger partial charge in [-0.05, 0) is 24.6 Å². The Morgan fingerprint density at radius 2 is 2.10 bits per heavy atom. The number of carbonyl (C=O) groups excluding carboxylic acids is 1. The summed E-state index contributed by atoms with van der Waals surface area (Å²) in [7, 11) is 1.35. The van der Waals surface area contributed by atoms with E-state index in [4.69, 9.17) is 19.9 Å². The Morgan fingerprint density at radius 3 is 2.86 bits per heavy atom. The zero-order valence-electron chi connectivity index (χ0n) is 11.8. The number of thiophene rings is 1. The van der Waals surface area contributed by atoms with Crippen molar-refractivity contribution in [2.24, 2.45) is 0 Å². The molecular weight excluding hydrogens is 290 g/mol. The molecule has 0 aliphatic carbocycles. The molecule has 5 nitrogen and oxygen atoms in total. The largest absolute Gasteiger partial charge is 0.486 e. The van der Waals surface area contributed by atoms with E-state index in [1.165, 1.54) is 18.4 Å². The fourth-order valence-corrected chi connectivity index (χ4v) is 3.45. The monoisotopic (exact) mass is 305 g/mol. The van der Waals surface area contributed by atoms with E-state index < -0.39 is 5.97 Å². The van der Waals surface area contributed by atoms with Gasteiger partial charge in [-0.1, -0.05) is 6.07 Å². The maximum atomic E-state index is 11.8. The van der Waals surface area contributed by atoms with E-state index in [1.807, 2.05) is 25.1 Å². The van der Waals surface area contributed by atoms with Gasteiger partial charge in [-0.25, -0.2) is 4.79 Å². The number of hydrogen-bond acceptors (Lipinski definition) is 6. The topological polar surface area (TPSA) is 70.8 Å². The third-order valence-electron chi connectivity index (χ3n) is 3.37. The Hall–Kier alpha value is -2.21. The number of fused-ring (bicyclic) bond motifs is 1. The van der Waals surface area contributed by atoms with Crippen molar-refractivity contribution < 1.29 is 19.0 Å². The van der Waals surface area contributed by atoms with E-state index in [0.717, 1.165) is 16.0 Å². The van der Waals surface area contributed by atoms with Gasteiger partial charge in [0.25, 0.3) is 0 Å². The average molecular weight is 305 g/mol.